The van der Waals surface area contributed by atoms with Gasteiger partial charge in [0.15, 0.2) is 0 Å². The van der Waals surface area contributed by atoms with Gasteiger partial charge in [-0.25, -0.2) is 9.29 Å². The molecular formula is C24H25FN2O3. The molecule has 1 aliphatic heterocycles. The van der Waals surface area contributed by atoms with E-state index in [0.29, 0.717) is 11.3 Å². The van der Waals surface area contributed by atoms with E-state index in [9.17, 15) is 18.8 Å². The standard InChI is InChI=1S/C24H25FN2O3/c1-16-7-9-17(10-8-16)23(29)26(19-5-3-2-4-6-19)21-15-22(28)27(24(21)30)20-13-11-18(25)12-14-20/h7-14,19,21H,2-6,15H2,1H3. The van der Waals surface area contributed by atoms with E-state index < -0.39 is 17.8 Å². The third-order valence-corrected chi connectivity index (χ3v) is 6.04. The third kappa shape index (κ3) is 3.86. The lowest BCUT2D eigenvalue weighted by atomic mass is 9.92. The van der Waals surface area contributed by atoms with Crippen molar-refractivity contribution >= 4 is 23.4 Å². The summed E-state index contributed by atoms with van der Waals surface area (Å²) in [6.07, 6.45) is 4.71. The van der Waals surface area contributed by atoms with Gasteiger partial charge in [0.05, 0.1) is 12.1 Å². The van der Waals surface area contributed by atoms with E-state index in [0.717, 1.165) is 42.6 Å². The average molecular weight is 408 g/mol. The molecule has 6 heteroatoms. The molecule has 2 aliphatic rings. The largest absolute Gasteiger partial charge is 0.323 e. The average Bonchev–Trinajstić information content (AvgIpc) is 3.04. The second-order valence-corrected chi connectivity index (χ2v) is 8.13. The first-order valence-electron chi connectivity index (χ1n) is 10.5. The Labute approximate surface area is 175 Å². The molecule has 0 N–H and O–H groups in total. The van der Waals surface area contributed by atoms with Gasteiger partial charge in [-0.15, -0.1) is 0 Å². The Kier molecular flexibility index (Phi) is 5.66. The summed E-state index contributed by atoms with van der Waals surface area (Å²) in [5.74, 6) is -1.44. The molecule has 1 heterocycles. The summed E-state index contributed by atoms with van der Waals surface area (Å²) in [4.78, 5) is 42.2. The normalized spacial score (nSPS) is 19.9. The Hall–Kier alpha value is -3.02. The zero-order valence-corrected chi connectivity index (χ0v) is 17.0. The van der Waals surface area contributed by atoms with Crippen LogP contribution in [0.25, 0.3) is 0 Å². The highest BCUT2D eigenvalue weighted by Gasteiger charge is 2.46. The van der Waals surface area contributed by atoms with Crippen molar-refractivity contribution in [2.75, 3.05) is 4.90 Å². The van der Waals surface area contributed by atoms with Gasteiger partial charge in [0, 0.05) is 11.6 Å². The molecule has 1 unspecified atom stereocenters. The number of benzene rings is 2. The van der Waals surface area contributed by atoms with E-state index in [-0.39, 0.29) is 24.3 Å². The number of rotatable bonds is 4. The lowest BCUT2D eigenvalue weighted by molar-refractivity contribution is -0.123. The maximum absolute atomic E-state index is 13.5. The van der Waals surface area contributed by atoms with Gasteiger partial charge < -0.3 is 4.90 Å². The molecule has 1 aliphatic carbocycles. The van der Waals surface area contributed by atoms with E-state index in [2.05, 4.69) is 0 Å². The van der Waals surface area contributed by atoms with Crippen molar-refractivity contribution in [3.63, 3.8) is 0 Å². The van der Waals surface area contributed by atoms with Crippen LogP contribution >= 0.6 is 0 Å². The van der Waals surface area contributed by atoms with Gasteiger partial charge in [0.25, 0.3) is 11.8 Å². The Morgan fingerprint density at radius 3 is 2.23 bits per heavy atom. The number of amides is 3. The Morgan fingerprint density at radius 1 is 0.967 bits per heavy atom. The fraction of sp³-hybridized carbons (Fsp3) is 0.375. The molecule has 3 amide bonds. The molecule has 2 fully saturated rings. The Morgan fingerprint density at radius 2 is 1.60 bits per heavy atom. The SMILES string of the molecule is Cc1ccc(C(=O)N(C2CCCCC2)C2CC(=O)N(c3ccc(F)cc3)C2=O)cc1. The Bertz CT molecular complexity index is 949. The number of hydrogen-bond donors (Lipinski definition) is 0. The minimum absolute atomic E-state index is 0.0513. The summed E-state index contributed by atoms with van der Waals surface area (Å²) in [6.45, 7) is 1.95. The van der Waals surface area contributed by atoms with Crippen LogP contribution in [0.15, 0.2) is 48.5 Å². The zero-order chi connectivity index (χ0) is 21.3. The van der Waals surface area contributed by atoms with Crippen molar-refractivity contribution < 1.29 is 18.8 Å². The first-order chi connectivity index (χ1) is 14.5. The lowest BCUT2D eigenvalue weighted by Gasteiger charge is -2.37. The van der Waals surface area contributed by atoms with Crippen molar-refractivity contribution in [1.29, 1.82) is 0 Å². The molecule has 0 spiro atoms. The highest BCUT2D eigenvalue weighted by Crippen LogP contribution is 2.32. The van der Waals surface area contributed by atoms with Crippen LogP contribution in [0.3, 0.4) is 0 Å². The molecule has 30 heavy (non-hydrogen) atoms. The highest BCUT2D eigenvalue weighted by atomic mass is 19.1. The molecule has 4 rings (SSSR count). The molecule has 0 radical (unpaired) electrons. The molecule has 2 aromatic carbocycles. The van der Waals surface area contributed by atoms with Crippen LogP contribution in [0, 0.1) is 12.7 Å². The minimum atomic E-state index is -0.834. The number of hydrogen-bond acceptors (Lipinski definition) is 3. The number of nitrogens with zero attached hydrogens (tertiary/aromatic N) is 2. The van der Waals surface area contributed by atoms with Crippen LogP contribution in [-0.4, -0.2) is 34.7 Å². The summed E-state index contributed by atoms with van der Waals surface area (Å²) < 4.78 is 13.3. The molecule has 156 valence electrons. The van der Waals surface area contributed by atoms with Crippen LogP contribution in [0.4, 0.5) is 10.1 Å². The number of imide groups is 1. The molecule has 1 saturated heterocycles. The van der Waals surface area contributed by atoms with Crippen LogP contribution in [-0.2, 0) is 9.59 Å². The summed E-state index contributed by atoms with van der Waals surface area (Å²) in [6, 6.07) is 11.7. The van der Waals surface area contributed by atoms with Gasteiger partial charge in [0.1, 0.15) is 11.9 Å². The summed E-state index contributed by atoms with van der Waals surface area (Å²) in [5.41, 5.74) is 1.90. The van der Waals surface area contributed by atoms with Gasteiger partial charge >= 0.3 is 0 Å². The molecule has 0 aromatic heterocycles. The number of anilines is 1. The third-order valence-electron chi connectivity index (χ3n) is 6.04. The van der Waals surface area contributed by atoms with Crippen LogP contribution < -0.4 is 4.90 Å². The molecule has 1 saturated carbocycles. The van der Waals surface area contributed by atoms with E-state index >= 15 is 0 Å². The molecular weight excluding hydrogens is 383 g/mol. The molecule has 5 nitrogen and oxygen atoms in total. The van der Waals surface area contributed by atoms with Crippen LogP contribution in [0.1, 0.15) is 54.4 Å². The van der Waals surface area contributed by atoms with E-state index in [4.69, 9.17) is 0 Å². The van der Waals surface area contributed by atoms with Crippen molar-refractivity contribution in [3.8, 4) is 0 Å². The van der Waals surface area contributed by atoms with E-state index in [1.54, 1.807) is 17.0 Å². The number of carbonyl (C=O) groups is 3. The van der Waals surface area contributed by atoms with Gasteiger partial charge in [0.2, 0.25) is 5.91 Å². The first-order valence-corrected chi connectivity index (χ1v) is 10.5. The lowest BCUT2D eigenvalue weighted by Crippen LogP contribution is -2.51. The van der Waals surface area contributed by atoms with Crippen molar-refractivity contribution in [2.24, 2.45) is 0 Å². The molecule has 2 aromatic rings. The number of aryl methyl sites for hydroxylation is 1. The first kappa shape index (κ1) is 20.3. The highest BCUT2D eigenvalue weighted by molar-refractivity contribution is 6.23. The van der Waals surface area contributed by atoms with Gasteiger partial charge in [-0.1, -0.05) is 37.0 Å². The monoisotopic (exact) mass is 408 g/mol. The fourth-order valence-electron chi connectivity index (χ4n) is 4.46. The van der Waals surface area contributed by atoms with Crippen molar-refractivity contribution in [1.82, 2.24) is 4.90 Å². The maximum atomic E-state index is 13.5. The van der Waals surface area contributed by atoms with Crippen LogP contribution in [0.5, 0.6) is 0 Å². The van der Waals surface area contributed by atoms with Gasteiger partial charge in [-0.3, -0.25) is 14.4 Å². The Balaban J connectivity index is 1.67. The quantitative estimate of drug-likeness (QED) is 0.711. The summed E-state index contributed by atoms with van der Waals surface area (Å²) in [5, 5.41) is 0. The smallest absolute Gasteiger partial charge is 0.257 e. The summed E-state index contributed by atoms with van der Waals surface area (Å²) in [7, 11) is 0. The topological polar surface area (TPSA) is 57.7 Å². The molecule has 0 bridgehead atoms. The number of carbonyl (C=O) groups excluding carboxylic acids is 3. The predicted octanol–water partition coefficient (Wildman–Crippen LogP) is 4.24. The fourth-order valence-corrected chi connectivity index (χ4v) is 4.46. The second-order valence-electron chi connectivity index (χ2n) is 8.13. The minimum Gasteiger partial charge on any atom is -0.323 e. The maximum Gasteiger partial charge on any atom is 0.257 e. The van der Waals surface area contributed by atoms with Crippen molar-refractivity contribution in [2.45, 2.75) is 57.5 Å². The van der Waals surface area contributed by atoms with Gasteiger partial charge in [-0.05, 0) is 56.2 Å². The summed E-state index contributed by atoms with van der Waals surface area (Å²) >= 11 is 0. The van der Waals surface area contributed by atoms with Gasteiger partial charge in [-0.2, -0.15) is 0 Å². The van der Waals surface area contributed by atoms with E-state index in [1.807, 2.05) is 19.1 Å². The number of halogens is 1. The van der Waals surface area contributed by atoms with Crippen LogP contribution in [0.2, 0.25) is 0 Å². The predicted molar refractivity (Wildman–Crippen MR) is 112 cm³/mol. The van der Waals surface area contributed by atoms with Crippen molar-refractivity contribution in [3.05, 3.63) is 65.5 Å². The second kappa shape index (κ2) is 8.38. The molecule has 1 atom stereocenters. The van der Waals surface area contributed by atoms with E-state index in [1.165, 1.54) is 24.3 Å². The zero-order valence-electron chi connectivity index (χ0n) is 17.0.